The van der Waals surface area contributed by atoms with E-state index in [1.54, 1.807) is 5.57 Å². The van der Waals surface area contributed by atoms with Crippen LogP contribution in [0.1, 0.15) is 83.5 Å². The van der Waals surface area contributed by atoms with Crippen LogP contribution in [0.15, 0.2) is 48.1 Å². The molecule has 5 heterocycles. The Morgan fingerprint density at radius 1 is 0.853 bits per heavy atom. The fraction of sp³-hybridized carbons (Fsp3) is 0.742. The van der Waals surface area contributed by atoms with E-state index in [0.717, 1.165) is 25.4 Å². The lowest BCUT2D eigenvalue weighted by Gasteiger charge is -2.64. The second-order valence-electron chi connectivity index (χ2n) is 11.9. The summed E-state index contributed by atoms with van der Waals surface area (Å²) in [6.45, 7) is 5.84. The van der Waals surface area contributed by atoms with Crippen LogP contribution in [0, 0.1) is 17.3 Å². The van der Waals surface area contributed by atoms with Crippen molar-refractivity contribution in [3.63, 3.8) is 0 Å². The zero-order valence-electron chi connectivity index (χ0n) is 21.4. The normalized spacial score (nSPS) is 44.7. The molecule has 0 aromatic heterocycles. The van der Waals surface area contributed by atoms with E-state index in [-0.39, 0.29) is 11.5 Å². The summed E-state index contributed by atoms with van der Waals surface area (Å²) in [5.41, 5.74) is 1.91. The van der Waals surface area contributed by atoms with Crippen molar-refractivity contribution in [2.45, 2.75) is 95.6 Å². The molecule has 6 aliphatic rings. The predicted octanol–water partition coefficient (Wildman–Crippen LogP) is 6.27. The number of nitrogens with zero attached hydrogens (tertiary/aromatic N) is 2. The van der Waals surface area contributed by atoms with Gasteiger partial charge in [-0.15, -0.1) is 0 Å². The van der Waals surface area contributed by atoms with Gasteiger partial charge < -0.3 is 10.0 Å². The maximum absolute atomic E-state index is 11.1. The highest BCUT2D eigenvalue weighted by Gasteiger charge is 2.59. The molecule has 2 fully saturated rings. The van der Waals surface area contributed by atoms with Crippen molar-refractivity contribution in [2.24, 2.45) is 17.3 Å². The number of hydrogen-bond donors (Lipinski definition) is 1. The second-order valence-corrected chi connectivity index (χ2v) is 11.9. The largest absolute Gasteiger partial charge is 0.389 e. The van der Waals surface area contributed by atoms with Crippen LogP contribution in [-0.2, 0) is 0 Å². The SMILES string of the molecule is OC1/C=C\C=C/CN2CC3C=C4CCCCCCCCCC/C=C\CCN5CCC3C(C1)(C5)C42. The molecule has 1 N–H and O–H groups in total. The van der Waals surface area contributed by atoms with Gasteiger partial charge in [0.15, 0.2) is 0 Å². The zero-order chi connectivity index (χ0) is 23.2. The molecule has 6 rings (SSSR count). The average Bonchev–Trinajstić information content (AvgIpc) is 2.83. The third kappa shape index (κ3) is 5.47. The Labute approximate surface area is 208 Å². The number of aliphatic hydroxyl groups excluding tert-OH is 1. The van der Waals surface area contributed by atoms with E-state index < -0.39 is 0 Å². The minimum absolute atomic E-state index is 0.187. The summed E-state index contributed by atoms with van der Waals surface area (Å²) >= 11 is 0. The summed E-state index contributed by atoms with van der Waals surface area (Å²) in [5.74, 6) is 1.39. The Morgan fingerprint density at radius 3 is 2.53 bits per heavy atom. The third-order valence-corrected chi connectivity index (χ3v) is 9.54. The number of fused-ring (bicyclic) bond motifs is 1. The molecule has 0 aromatic carbocycles. The van der Waals surface area contributed by atoms with E-state index in [9.17, 15) is 5.11 Å². The number of allylic oxidation sites excluding steroid dienone is 3. The molecule has 5 aliphatic heterocycles. The van der Waals surface area contributed by atoms with Crippen molar-refractivity contribution in [1.29, 1.82) is 0 Å². The molecule has 0 aromatic rings. The molecule has 1 spiro atoms. The van der Waals surface area contributed by atoms with Crippen LogP contribution in [0.5, 0.6) is 0 Å². The Kier molecular flexibility index (Phi) is 8.45. The molecule has 3 nitrogen and oxygen atoms in total. The summed E-state index contributed by atoms with van der Waals surface area (Å²) in [6.07, 6.45) is 32.9. The Morgan fingerprint density at radius 2 is 1.65 bits per heavy atom. The molecule has 34 heavy (non-hydrogen) atoms. The van der Waals surface area contributed by atoms with Gasteiger partial charge in [-0.25, -0.2) is 0 Å². The van der Waals surface area contributed by atoms with Gasteiger partial charge in [0.05, 0.1) is 6.10 Å². The van der Waals surface area contributed by atoms with Crippen LogP contribution in [0.2, 0.25) is 0 Å². The molecule has 3 heteroatoms. The lowest BCUT2D eigenvalue weighted by molar-refractivity contribution is -0.117. The first kappa shape index (κ1) is 24.5. The van der Waals surface area contributed by atoms with Gasteiger partial charge in [-0.2, -0.15) is 0 Å². The van der Waals surface area contributed by atoms with Crippen molar-refractivity contribution in [2.75, 3.05) is 32.7 Å². The van der Waals surface area contributed by atoms with E-state index in [2.05, 4.69) is 46.3 Å². The summed E-state index contributed by atoms with van der Waals surface area (Å²) in [4.78, 5) is 5.55. The topological polar surface area (TPSA) is 26.7 Å². The maximum atomic E-state index is 11.1. The van der Waals surface area contributed by atoms with E-state index >= 15 is 0 Å². The number of hydrogen-bond acceptors (Lipinski definition) is 3. The summed E-state index contributed by atoms with van der Waals surface area (Å²) < 4.78 is 0. The molecule has 0 saturated carbocycles. The van der Waals surface area contributed by atoms with Crippen molar-refractivity contribution in [3.8, 4) is 0 Å². The number of piperidine rings is 2. The molecule has 188 valence electrons. The van der Waals surface area contributed by atoms with Crippen molar-refractivity contribution < 1.29 is 5.11 Å². The quantitative estimate of drug-likeness (QED) is 0.428. The van der Waals surface area contributed by atoms with Crippen LogP contribution in [0.25, 0.3) is 0 Å². The van der Waals surface area contributed by atoms with E-state index in [1.165, 1.54) is 96.7 Å². The first-order valence-electron chi connectivity index (χ1n) is 14.6. The maximum Gasteiger partial charge on any atom is 0.0730 e. The Balaban J connectivity index is 1.42. The number of aliphatic hydroxyl groups is 1. The van der Waals surface area contributed by atoms with E-state index in [0.29, 0.717) is 12.0 Å². The minimum Gasteiger partial charge on any atom is -0.389 e. The van der Waals surface area contributed by atoms with Gasteiger partial charge in [-0.1, -0.05) is 86.6 Å². The molecule has 7 unspecified atom stereocenters. The van der Waals surface area contributed by atoms with Crippen molar-refractivity contribution in [1.82, 2.24) is 9.80 Å². The van der Waals surface area contributed by atoms with Crippen LogP contribution in [0.4, 0.5) is 0 Å². The van der Waals surface area contributed by atoms with Gasteiger partial charge in [0.25, 0.3) is 0 Å². The average molecular weight is 465 g/mol. The highest BCUT2D eigenvalue weighted by molar-refractivity contribution is 5.31. The summed E-state index contributed by atoms with van der Waals surface area (Å²) in [6, 6.07) is 0.508. The molecular formula is C31H48N2O. The van der Waals surface area contributed by atoms with E-state index in [1.807, 2.05) is 6.08 Å². The van der Waals surface area contributed by atoms with Crippen molar-refractivity contribution in [3.05, 3.63) is 48.1 Å². The van der Waals surface area contributed by atoms with Gasteiger partial charge in [0, 0.05) is 37.6 Å². The van der Waals surface area contributed by atoms with E-state index in [4.69, 9.17) is 0 Å². The van der Waals surface area contributed by atoms with Crippen LogP contribution < -0.4 is 0 Å². The molecule has 0 radical (unpaired) electrons. The molecule has 7 atom stereocenters. The number of rotatable bonds is 0. The monoisotopic (exact) mass is 464 g/mol. The van der Waals surface area contributed by atoms with Gasteiger partial charge in [0.1, 0.15) is 0 Å². The molecule has 0 amide bonds. The molecule has 6 bridgehead atoms. The molecule has 2 saturated heterocycles. The van der Waals surface area contributed by atoms with Gasteiger partial charge >= 0.3 is 0 Å². The molecule has 1 aliphatic carbocycles. The zero-order valence-corrected chi connectivity index (χ0v) is 21.4. The van der Waals surface area contributed by atoms with Crippen LogP contribution in [-0.4, -0.2) is 59.8 Å². The first-order valence-corrected chi connectivity index (χ1v) is 14.6. The first-order chi connectivity index (χ1) is 16.8. The van der Waals surface area contributed by atoms with Gasteiger partial charge in [0.2, 0.25) is 0 Å². The fourth-order valence-electron chi connectivity index (χ4n) is 8.15. The highest BCUT2D eigenvalue weighted by Crippen LogP contribution is 2.57. The Bertz CT molecular complexity index is 782. The standard InChI is InChI=1S/C31H48N2O/c34-28-17-13-11-15-20-33-24-27-22-26-16-12-9-7-5-3-1-2-4-6-8-10-14-19-32-21-18-29(27)31(23-28,25-32)30(26)33/h8,10-11,13,15,17,22,27-30,34H,1-7,9,12,14,16,18-21,23-25H2/b10-8-,15-11-,17-13-. The summed E-state index contributed by atoms with van der Waals surface area (Å²) in [5, 5.41) is 11.1. The highest BCUT2D eigenvalue weighted by atomic mass is 16.3. The fourth-order valence-corrected chi connectivity index (χ4v) is 8.15. The van der Waals surface area contributed by atoms with Crippen molar-refractivity contribution >= 4 is 0 Å². The lowest BCUT2D eigenvalue weighted by Crippen LogP contribution is -2.69. The van der Waals surface area contributed by atoms with Gasteiger partial charge in [-0.3, -0.25) is 4.90 Å². The van der Waals surface area contributed by atoms with Crippen LogP contribution >= 0.6 is 0 Å². The van der Waals surface area contributed by atoms with Gasteiger partial charge in [-0.05, 0) is 63.3 Å². The molecular weight excluding hydrogens is 416 g/mol. The third-order valence-electron chi connectivity index (χ3n) is 9.54. The minimum atomic E-state index is -0.339. The Hall–Kier alpha value is -1.16. The lowest BCUT2D eigenvalue weighted by atomic mass is 9.51. The smallest absolute Gasteiger partial charge is 0.0730 e. The van der Waals surface area contributed by atoms with Crippen LogP contribution in [0.3, 0.4) is 0 Å². The predicted molar refractivity (Wildman–Crippen MR) is 143 cm³/mol. The summed E-state index contributed by atoms with van der Waals surface area (Å²) in [7, 11) is 0. The second kappa shape index (κ2) is 11.7.